The fourth-order valence-corrected chi connectivity index (χ4v) is 5.39. The molecule has 3 N–H and O–H groups in total. The standard InChI is InChI=1S/C31H46N4O7/c1-21(2)17-25(27(38)33-24(20-36)18-23-11-14-32-26(23)37)34-28(39)41-31(19-22-9-7-6-8-10-22)12-15-35(16-13-31)29(40)42-30(3,4)5/h6-10,20-21,23-25H,11-19H2,1-5H3,(H,32,37)(H,33,38)(H,34,39)/t23-,24-,25-/m0/s1. The van der Waals surface area contributed by atoms with Crippen molar-refractivity contribution in [1.82, 2.24) is 20.9 Å². The number of benzene rings is 1. The van der Waals surface area contributed by atoms with Crippen LogP contribution in [-0.4, -0.2) is 78.1 Å². The van der Waals surface area contributed by atoms with Crippen molar-refractivity contribution in [3.05, 3.63) is 35.9 Å². The van der Waals surface area contributed by atoms with Gasteiger partial charge in [-0.05, 0) is 51.5 Å². The quantitative estimate of drug-likeness (QED) is 0.338. The molecule has 4 amide bonds. The van der Waals surface area contributed by atoms with Crippen molar-refractivity contribution in [3.63, 3.8) is 0 Å². The van der Waals surface area contributed by atoms with Crippen LogP contribution in [0.2, 0.25) is 0 Å². The summed E-state index contributed by atoms with van der Waals surface area (Å²) < 4.78 is 11.6. The van der Waals surface area contributed by atoms with Crippen LogP contribution in [0.25, 0.3) is 0 Å². The monoisotopic (exact) mass is 586 g/mol. The van der Waals surface area contributed by atoms with Gasteiger partial charge in [-0.2, -0.15) is 0 Å². The molecule has 0 unspecified atom stereocenters. The van der Waals surface area contributed by atoms with Gasteiger partial charge < -0.3 is 35.1 Å². The molecule has 42 heavy (non-hydrogen) atoms. The van der Waals surface area contributed by atoms with Crippen molar-refractivity contribution in [2.24, 2.45) is 11.8 Å². The molecule has 3 atom stereocenters. The summed E-state index contributed by atoms with van der Waals surface area (Å²) in [4.78, 5) is 64.6. The van der Waals surface area contributed by atoms with E-state index < -0.39 is 41.4 Å². The van der Waals surface area contributed by atoms with Gasteiger partial charge >= 0.3 is 12.2 Å². The maximum atomic E-state index is 13.3. The maximum absolute atomic E-state index is 13.3. The zero-order valence-corrected chi connectivity index (χ0v) is 25.4. The summed E-state index contributed by atoms with van der Waals surface area (Å²) in [5.74, 6) is -0.913. The Morgan fingerprint density at radius 3 is 2.33 bits per heavy atom. The fraction of sp³-hybridized carbons (Fsp3) is 0.645. The minimum atomic E-state index is -0.937. The van der Waals surface area contributed by atoms with E-state index in [0.717, 1.165) is 5.56 Å². The van der Waals surface area contributed by atoms with Crippen LogP contribution < -0.4 is 16.0 Å². The molecule has 0 bridgehead atoms. The number of alkyl carbamates (subject to hydrolysis) is 1. The minimum Gasteiger partial charge on any atom is -0.444 e. The summed E-state index contributed by atoms with van der Waals surface area (Å²) in [6, 6.07) is 7.88. The first-order valence-corrected chi connectivity index (χ1v) is 14.8. The Labute approximate surface area is 248 Å². The Hall–Kier alpha value is -3.63. The zero-order chi connectivity index (χ0) is 30.9. The summed E-state index contributed by atoms with van der Waals surface area (Å²) in [6.07, 6.45) is 1.85. The van der Waals surface area contributed by atoms with Crippen LogP contribution in [0.3, 0.4) is 0 Å². The maximum Gasteiger partial charge on any atom is 0.410 e. The van der Waals surface area contributed by atoms with Crippen molar-refractivity contribution in [2.45, 2.75) is 96.4 Å². The highest BCUT2D eigenvalue weighted by molar-refractivity contribution is 5.88. The molecule has 1 aromatic carbocycles. The number of nitrogens with zero attached hydrogens (tertiary/aromatic N) is 1. The number of rotatable bonds is 11. The Balaban J connectivity index is 1.69. The number of aldehydes is 1. The van der Waals surface area contributed by atoms with Gasteiger partial charge in [0, 0.05) is 44.8 Å². The van der Waals surface area contributed by atoms with Gasteiger partial charge in [0.25, 0.3) is 0 Å². The Morgan fingerprint density at radius 2 is 1.79 bits per heavy atom. The van der Waals surface area contributed by atoms with Gasteiger partial charge in [0.15, 0.2) is 0 Å². The first-order chi connectivity index (χ1) is 19.8. The Kier molecular flexibility index (Phi) is 11.4. The Morgan fingerprint density at radius 1 is 1.12 bits per heavy atom. The van der Waals surface area contributed by atoms with E-state index in [9.17, 15) is 24.0 Å². The molecule has 0 aliphatic carbocycles. The predicted molar refractivity (Wildman–Crippen MR) is 157 cm³/mol. The van der Waals surface area contributed by atoms with Gasteiger partial charge in [-0.25, -0.2) is 9.59 Å². The van der Waals surface area contributed by atoms with Crippen LogP contribution in [-0.2, 0) is 30.3 Å². The summed E-state index contributed by atoms with van der Waals surface area (Å²) >= 11 is 0. The zero-order valence-electron chi connectivity index (χ0n) is 25.4. The highest BCUT2D eigenvalue weighted by atomic mass is 16.6. The third-order valence-electron chi connectivity index (χ3n) is 7.51. The van der Waals surface area contributed by atoms with Crippen LogP contribution in [0.1, 0.15) is 72.3 Å². The lowest BCUT2D eigenvalue weighted by atomic mass is 9.85. The molecular weight excluding hydrogens is 540 g/mol. The second-order valence-corrected chi connectivity index (χ2v) is 12.8. The van der Waals surface area contributed by atoms with E-state index in [1.165, 1.54) is 0 Å². The number of amides is 4. The molecule has 232 valence electrons. The van der Waals surface area contributed by atoms with Crippen LogP contribution in [0.4, 0.5) is 9.59 Å². The lowest BCUT2D eigenvalue weighted by Gasteiger charge is -2.41. The van der Waals surface area contributed by atoms with Crippen molar-refractivity contribution in [1.29, 1.82) is 0 Å². The first-order valence-electron chi connectivity index (χ1n) is 14.8. The highest BCUT2D eigenvalue weighted by Gasteiger charge is 2.41. The number of carbonyl (C=O) groups excluding carboxylic acids is 5. The number of likely N-dealkylation sites (tertiary alicyclic amines) is 1. The molecule has 2 fully saturated rings. The molecule has 11 nitrogen and oxygen atoms in total. The fourth-order valence-electron chi connectivity index (χ4n) is 5.39. The van der Waals surface area contributed by atoms with E-state index in [4.69, 9.17) is 9.47 Å². The number of carbonyl (C=O) groups is 5. The van der Waals surface area contributed by atoms with Gasteiger partial charge in [-0.1, -0.05) is 44.2 Å². The van der Waals surface area contributed by atoms with Crippen molar-refractivity contribution < 1.29 is 33.4 Å². The molecule has 3 rings (SSSR count). The summed E-state index contributed by atoms with van der Waals surface area (Å²) in [7, 11) is 0. The molecule has 2 aliphatic heterocycles. The molecule has 2 saturated heterocycles. The second kappa shape index (κ2) is 14.5. The second-order valence-electron chi connectivity index (χ2n) is 12.8. The smallest absolute Gasteiger partial charge is 0.410 e. The number of ether oxygens (including phenoxy) is 2. The van der Waals surface area contributed by atoms with Gasteiger partial charge in [0.1, 0.15) is 23.5 Å². The summed E-state index contributed by atoms with van der Waals surface area (Å²) in [5, 5.41) is 8.16. The van der Waals surface area contributed by atoms with Crippen molar-refractivity contribution >= 4 is 30.3 Å². The van der Waals surface area contributed by atoms with E-state index in [0.29, 0.717) is 58.0 Å². The van der Waals surface area contributed by atoms with Crippen molar-refractivity contribution in [2.75, 3.05) is 19.6 Å². The minimum absolute atomic E-state index is 0.0617. The van der Waals surface area contributed by atoms with E-state index in [2.05, 4.69) is 16.0 Å². The average Bonchev–Trinajstić information content (AvgIpc) is 3.31. The number of hydrogen-bond donors (Lipinski definition) is 3. The molecule has 0 spiro atoms. The van der Waals surface area contributed by atoms with Crippen molar-refractivity contribution in [3.8, 4) is 0 Å². The summed E-state index contributed by atoms with van der Waals surface area (Å²) in [6.45, 7) is 10.5. The van der Waals surface area contributed by atoms with E-state index in [1.807, 2.05) is 65.0 Å². The van der Waals surface area contributed by atoms with E-state index in [1.54, 1.807) is 4.90 Å². The van der Waals surface area contributed by atoms with Crippen LogP contribution >= 0.6 is 0 Å². The predicted octanol–water partition coefficient (Wildman–Crippen LogP) is 3.35. The molecule has 2 aliphatic rings. The lowest BCUT2D eigenvalue weighted by Crippen LogP contribution is -2.55. The molecule has 0 aromatic heterocycles. The van der Waals surface area contributed by atoms with Gasteiger partial charge in [-0.15, -0.1) is 0 Å². The number of piperidine rings is 1. The largest absolute Gasteiger partial charge is 0.444 e. The Bertz CT molecular complexity index is 1090. The molecule has 2 heterocycles. The molecule has 0 saturated carbocycles. The number of hydrogen-bond acceptors (Lipinski definition) is 7. The van der Waals surface area contributed by atoms with Gasteiger partial charge in [0.05, 0.1) is 6.04 Å². The first kappa shape index (κ1) is 32.9. The summed E-state index contributed by atoms with van der Waals surface area (Å²) in [5.41, 5.74) is -0.536. The van der Waals surface area contributed by atoms with Crippen LogP contribution in [0, 0.1) is 11.8 Å². The molecule has 1 aromatic rings. The van der Waals surface area contributed by atoms with E-state index >= 15 is 0 Å². The van der Waals surface area contributed by atoms with Crippen LogP contribution in [0.5, 0.6) is 0 Å². The normalized spacial score (nSPS) is 19.8. The van der Waals surface area contributed by atoms with E-state index in [-0.39, 0.29) is 24.2 Å². The molecule has 0 radical (unpaired) electrons. The van der Waals surface area contributed by atoms with Crippen LogP contribution in [0.15, 0.2) is 30.3 Å². The molecule has 11 heteroatoms. The highest BCUT2D eigenvalue weighted by Crippen LogP contribution is 2.31. The topological polar surface area (TPSA) is 143 Å². The third-order valence-corrected chi connectivity index (χ3v) is 7.51. The number of nitrogens with one attached hydrogen (secondary N) is 3. The van der Waals surface area contributed by atoms with Gasteiger partial charge in [0.2, 0.25) is 11.8 Å². The lowest BCUT2D eigenvalue weighted by molar-refractivity contribution is -0.127. The molecular formula is C31H46N4O7. The third kappa shape index (κ3) is 10.0. The van der Waals surface area contributed by atoms with Gasteiger partial charge in [-0.3, -0.25) is 9.59 Å². The average molecular weight is 587 g/mol. The SMILES string of the molecule is CC(C)C[C@H](NC(=O)OC1(Cc2ccccc2)CCN(C(=O)OC(C)(C)C)CC1)C(=O)N[C@H](C=O)C[C@@H]1CCNC1=O.